The maximum Gasteiger partial charge on any atom is 0.230 e. The lowest BCUT2D eigenvalue weighted by Crippen LogP contribution is -2.27. The second kappa shape index (κ2) is 8.37. The molecule has 0 spiro atoms. The minimum atomic E-state index is -0.0649. The summed E-state index contributed by atoms with van der Waals surface area (Å²) in [4.78, 5) is 13.0. The molecule has 2 N–H and O–H groups in total. The summed E-state index contributed by atoms with van der Waals surface area (Å²) in [7, 11) is 0. The Kier molecular flexibility index (Phi) is 6.48. The molecule has 3 nitrogen and oxygen atoms in total. The first kappa shape index (κ1) is 17.8. The van der Waals surface area contributed by atoms with Gasteiger partial charge in [-0.15, -0.1) is 11.8 Å². The van der Waals surface area contributed by atoms with Crippen molar-refractivity contribution in [3.8, 4) is 0 Å². The van der Waals surface area contributed by atoms with Crippen LogP contribution in [0, 0.1) is 5.41 Å². The number of nitrogens with one attached hydrogen (secondary N) is 1. The van der Waals surface area contributed by atoms with E-state index in [1.165, 1.54) is 10.8 Å². The summed E-state index contributed by atoms with van der Waals surface area (Å²) in [6.45, 7) is 4.91. The van der Waals surface area contributed by atoms with Crippen LogP contribution < -0.4 is 5.32 Å². The van der Waals surface area contributed by atoms with Crippen molar-refractivity contribution in [1.82, 2.24) is 5.32 Å². The Morgan fingerprint density at radius 3 is 2.65 bits per heavy atom. The van der Waals surface area contributed by atoms with Crippen molar-refractivity contribution in [2.75, 3.05) is 18.9 Å². The quantitative estimate of drug-likeness (QED) is 0.571. The summed E-state index contributed by atoms with van der Waals surface area (Å²) in [6.07, 6.45) is 1.79. The summed E-state index contributed by atoms with van der Waals surface area (Å²) < 4.78 is 0. The molecule has 0 bridgehead atoms. The molecular weight excluding hydrogens is 306 g/mol. The van der Waals surface area contributed by atoms with Crippen molar-refractivity contribution >= 4 is 28.4 Å². The van der Waals surface area contributed by atoms with E-state index in [1.807, 2.05) is 26.0 Å². The highest BCUT2D eigenvalue weighted by atomic mass is 32.2. The lowest BCUT2D eigenvalue weighted by molar-refractivity contribution is -0.118. The predicted octanol–water partition coefficient (Wildman–Crippen LogP) is 3.85. The number of amides is 1. The van der Waals surface area contributed by atoms with E-state index in [0.29, 0.717) is 12.3 Å². The van der Waals surface area contributed by atoms with Crippen LogP contribution >= 0.6 is 11.8 Å². The third-order valence-corrected chi connectivity index (χ3v) is 4.87. The van der Waals surface area contributed by atoms with Gasteiger partial charge in [0.25, 0.3) is 0 Å². The van der Waals surface area contributed by atoms with E-state index in [9.17, 15) is 9.90 Å². The SMILES string of the molecule is CC(C)(CO)CCCNC(=O)CSc1ccc2ccccc2c1. The molecule has 0 radical (unpaired) electrons. The molecule has 0 saturated heterocycles. The van der Waals surface area contributed by atoms with Gasteiger partial charge in [0.05, 0.1) is 5.75 Å². The van der Waals surface area contributed by atoms with Crippen LogP contribution in [0.1, 0.15) is 26.7 Å². The molecular formula is C19H25NO2S. The van der Waals surface area contributed by atoms with Gasteiger partial charge in [-0.1, -0.05) is 44.2 Å². The molecule has 23 heavy (non-hydrogen) atoms. The number of fused-ring (bicyclic) bond motifs is 1. The molecule has 0 aliphatic rings. The summed E-state index contributed by atoms with van der Waals surface area (Å²) in [5.41, 5.74) is -0.0649. The predicted molar refractivity (Wildman–Crippen MR) is 97.8 cm³/mol. The zero-order valence-corrected chi connectivity index (χ0v) is 14.7. The molecule has 4 heteroatoms. The van der Waals surface area contributed by atoms with Crippen LogP contribution in [-0.2, 0) is 4.79 Å². The number of thioether (sulfide) groups is 1. The van der Waals surface area contributed by atoms with Crippen LogP contribution in [0.2, 0.25) is 0 Å². The number of hydrogen-bond donors (Lipinski definition) is 2. The summed E-state index contributed by atoms with van der Waals surface area (Å²) >= 11 is 1.56. The number of benzene rings is 2. The lowest BCUT2D eigenvalue weighted by Gasteiger charge is -2.21. The first-order valence-corrected chi connectivity index (χ1v) is 8.98. The fourth-order valence-corrected chi connectivity index (χ4v) is 3.11. The van der Waals surface area contributed by atoms with E-state index in [0.717, 1.165) is 17.7 Å². The van der Waals surface area contributed by atoms with Crippen molar-refractivity contribution in [2.45, 2.75) is 31.6 Å². The Balaban J connectivity index is 1.73. The van der Waals surface area contributed by atoms with E-state index in [4.69, 9.17) is 0 Å². The number of rotatable bonds is 8. The smallest absolute Gasteiger partial charge is 0.230 e. The van der Waals surface area contributed by atoms with Gasteiger partial charge in [0.15, 0.2) is 0 Å². The average Bonchev–Trinajstić information content (AvgIpc) is 2.56. The maximum atomic E-state index is 11.9. The van der Waals surface area contributed by atoms with Crippen molar-refractivity contribution in [1.29, 1.82) is 0 Å². The molecule has 2 aromatic carbocycles. The van der Waals surface area contributed by atoms with E-state index in [1.54, 1.807) is 11.8 Å². The van der Waals surface area contributed by atoms with Gasteiger partial charge in [0, 0.05) is 18.0 Å². The van der Waals surface area contributed by atoms with Crippen LogP contribution in [0.5, 0.6) is 0 Å². The molecule has 1 amide bonds. The standard InChI is InChI=1S/C19H25NO2S/c1-19(2,14-21)10-5-11-20-18(22)13-23-17-9-8-15-6-3-4-7-16(15)12-17/h3-4,6-9,12,21H,5,10-11,13-14H2,1-2H3,(H,20,22). The number of hydrogen-bond acceptors (Lipinski definition) is 3. The second-order valence-electron chi connectivity index (χ2n) is 6.57. The number of carbonyl (C=O) groups excluding carboxylic acids is 1. The topological polar surface area (TPSA) is 49.3 Å². The van der Waals surface area contributed by atoms with Crippen molar-refractivity contribution in [2.24, 2.45) is 5.41 Å². The van der Waals surface area contributed by atoms with Crippen LogP contribution in [0.15, 0.2) is 47.4 Å². The van der Waals surface area contributed by atoms with Crippen molar-refractivity contribution in [3.63, 3.8) is 0 Å². The molecule has 0 aliphatic carbocycles. The zero-order chi connectivity index (χ0) is 16.7. The summed E-state index contributed by atoms with van der Waals surface area (Å²) in [5, 5.41) is 14.6. The average molecular weight is 331 g/mol. The second-order valence-corrected chi connectivity index (χ2v) is 7.62. The highest BCUT2D eigenvalue weighted by Gasteiger charge is 2.15. The largest absolute Gasteiger partial charge is 0.396 e. The molecule has 0 fully saturated rings. The van der Waals surface area contributed by atoms with Gasteiger partial charge in [0.2, 0.25) is 5.91 Å². The van der Waals surface area contributed by atoms with Gasteiger partial charge in [-0.25, -0.2) is 0 Å². The van der Waals surface area contributed by atoms with E-state index in [2.05, 4.69) is 35.6 Å². The molecule has 0 atom stereocenters. The molecule has 124 valence electrons. The Hall–Kier alpha value is -1.52. The van der Waals surface area contributed by atoms with Gasteiger partial charge in [0.1, 0.15) is 0 Å². The Bertz CT molecular complexity index is 655. The van der Waals surface area contributed by atoms with Crippen LogP contribution in [0.4, 0.5) is 0 Å². The molecule has 2 aromatic rings. The molecule has 0 aliphatic heterocycles. The van der Waals surface area contributed by atoms with Gasteiger partial charge in [-0.2, -0.15) is 0 Å². The fraction of sp³-hybridized carbons (Fsp3) is 0.421. The summed E-state index contributed by atoms with van der Waals surface area (Å²) in [6, 6.07) is 14.5. The number of aliphatic hydroxyl groups excluding tert-OH is 1. The van der Waals surface area contributed by atoms with E-state index < -0.39 is 0 Å². The minimum Gasteiger partial charge on any atom is -0.396 e. The highest BCUT2D eigenvalue weighted by Crippen LogP contribution is 2.23. The Morgan fingerprint density at radius 2 is 1.91 bits per heavy atom. The zero-order valence-electron chi connectivity index (χ0n) is 13.8. The number of carbonyl (C=O) groups is 1. The molecule has 2 rings (SSSR count). The number of aliphatic hydroxyl groups is 1. The highest BCUT2D eigenvalue weighted by molar-refractivity contribution is 8.00. The monoisotopic (exact) mass is 331 g/mol. The van der Waals surface area contributed by atoms with Crippen molar-refractivity contribution in [3.05, 3.63) is 42.5 Å². The fourth-order valence-electron chi connectivity index (χ4n) is 2.33. The van der Waals surface area contributed by atoms with E-state index in [-0.39, 0.29) is 17.9 Å². The molecule has 0 heterocycles. The molecule has 0 unspecified atom stereocenters. The van der Waals surface area contributed by atoms with Gasteiger partial charge in [-0.3, -0.25) is 4.79 Å². The van der Waals surface area contributed by atoms with Gasteiger partial charge < -0.3 is 10.4 Å². The minimum absolute atomic E-state index is 0.0602. The summed E-state index contributed by atoms with van der Waals surface area (Å²) in [5.74, 6) is 0.492. The van der Waals surface area contributed by atoms with Crippen LogP contribution in [0.3, 0.4) is 0 Å². The maximum absolute atomic E-state index is 11.9. The molecule has 0 aromatic heterocycles. The first-order chi connectivity index (χ1) is 11.0. The Labute approximate surface area is 142 Å². The van der Waals surface area contributed by atoms with Crippen LogP contribution in [0.25, 0.3) is 10.8 Å². The van der Waals surface area contributed by atoms with Crippen LogP contribution in [-0.4, -0.2) is 29.9 Å². The van der Waals surface area contributed by atoms with Gasteiger partial charge in [-0.05, 0) is 41.2 Å². The third kappa shape index (κ3) is 5.88. The lowest BCUT2D eigenvalue weighted by atomic mass is 9.89. The van der Waals surface area contributed by atoms with Crippen molar-refractivity contribution < 1.29 is 9.90 Å². The van der Waals surface area contributed by atoms with Gasteiger partial charge >= 0.3 is 0 Å². The van der Waals surface area contributed by atoms with E-state index >= 15 is 0 Å². The normalized spacial score (nSPS) is 11.6. The first-order valence-electron chi connectivity index (χ1n) is 7.99. The molecule has 0 saturated carbocycles. The third-order valence-electron chi connectivity index (χ3n) is 3.87. The Morgan fingerprint density at radius 1 is 1.17 bits per heavy atom.